The number of alkyl halides is 2. The molecule has 0 saturated carbocycles. The number of hydrogen-bond donors (Lipinski definition) is 1. The van der Waals surface area contributed by atoms with Crippen LogP contribution in [-0.4, -0.2) is 44.6 Å². The zero-order chi connectivity index (χ0) is 16.1. The molecule has 1 aromatic carbocycles. The molecule has 120 valence electrons. The van der Waals surface area contributed by atoms with E-state index in [2.05, 4.69) is 0 Å². The minimum atomic E-state index is -2.82. The summed E-state index contributed by atoms with van der Waals surface area (Å²) in [5.41, 5.74) is 5.95. The van der Waals surface area contributed by atoms with Gasteiger partial charge < -0.3 is 20.3 Å². The molecule has 1 atom stereocenters. The van der Waals surface area contributed by atoms with Crippen LogP contribution in [0.4, 0.5) is 24.5 Å². The third-order valence-electron chi connectivity index (χ3n) is 3.97. The van der Waals surface area contributed by atoms with E-state index in [0.717, 1.165) is 6.07 Å². The van der Waals surface area contributed by atoms with Crippen molar-refractivity contribution in [1.82, 2.24) is 0 Å². The van der Waals surface area contributed by atoms with Crippen LogP contribution in [0.5, 0.6) is 5.75 Å². The van der Waals surface area contributed by atoms with E-state index in [1.165, 1.54) is 22.9 Å². The van der Waals surface area contributed by atoms with Crippen molar-refractivity contribution in [3.05, 3.63) is 17.9 Å². The van der Waals surface area contributed by atoms with E-state index in [9.17, 15) is 18.0 Å². The lowest BCUT2D eigenvalue weighted by Gasteiger charge is -2.22. The molecule has 0 aromatic heterocycles. The highest BCUT2D eigenvalue weighted by Crippen LogP contribution is 2.39. The highest BCUT2D eigenvalue weighted by Gasteiger charge is 2.39. The Bertz CT molecular complexity index is 624. The lowest BCUT2D eigenvalue weighted by molar-refractivity contribution is -0.119. The number of amides is 1. The van der Waals surface area contributed by atoms with Gasteiger partial charge in [-0.05, 0) is 0 Å². The van der Waals surface area contributed by atoms with Gasteiger partial charge in [-0.2, -0.15) is 0 Å². The number of hydrogen-bond acceptors (Lipinski definition) is 4. The van der Waals surface area contributed by atoms with Crippen LogP contribution in [0.1, 0.15) is 6.42 Å². The summed E-state index contributed by atoms with van der Waals surface area (Å²) >= 11 is 0. The van der Waals surface area contributed by atoms with Gasteiger partial charge in [-0.15, -0.1) is 0 Å². The first-order chi connectivity index (χ1) is 10.3. The van der Waals surface area contributed by atoms with Gasteiger partial charge in [-0.25, -0.2) is 13.2 Å². The Morgan fingerprint density at radius 2 is 2.09 bits per heavy atom. The number of ether oxygens (including phenoxy) is 1. The molecule has 0 aliphatic carbocycles. The van der Waals surface area contributed by atoms with Crippen LogP contribution in [-0.2, 0) is 4.79 Å². The van der Waals surface area contributed by atoms with Crippen molar-refractivity contribution in [3.63, 3.8) is 0 Å². The van der Waals surface area contributed by atoms with Crippen LogP contribution < -0.4 is 20.3 Å². The third-order valence-corrected chi connectivity index (χ3v) is 3.97. The number of nitrogens with two attached hydrogens (primary N) is 1. The van der Waals surface area contributed by atoms with E-state index in [1.54, 1.807) is 0 Å². The van der Waals surface area contributed by atoms with Gasteiger partial charge in [-0.3, -0.25) is 4.79 Å². The molecule has 1 amide bonds. The van der Waals surface area contributed by atoms with E-state index in [1.807, 2.05) is 0 Å². The van der Waals surface area contributed by atoms with Crippen LogP contribution in [0.3, 0.4) is 0 Å². The van der Waals surface area contributed by atoms with E-state index in [0.29, 0.717) is 0 Å². The quantitative estimate of drug-likeness (QED) is 0.850. The lowest BCUT2D eigenvalue weighted by atomic mass is 10.2. The molecule has 1 fully saturated rings. The smallest absolute Gasteiger partial charge is 0.266 e. The molecule has 2 aliphatic heterocycles. The van der Waals surface area contributed by atoms with Crippen molar-refractivity contribution in [1.29, 1.82) is 0 Å². The maximum absolute atomic E-state index is 14.3. The molecule has 22 heavy (non-hydrogen) atoms. The number of benzene rings is 1. The molecule has 2 N–H and O–H groups in total. The summed E-state index contributed by atoms with van der Waals surface area (Å²) in [6.45, 7) is -0.509. The Hall–Kier alpha value is -1.96. The first-order valence-corrected chi connectivity index (χ1v) is 6.91. The first-order valence-electron chi connectivity index (χ1n) is 6.91. The summed E-state index contributed by atoms with van der Waals surface area (Å²) in [4.78, 5) is 14.4. The van der Waals surface area contributed by atoms with Gasteiger partial charge in [0.05, 0.1) is 17.9 Å². The molecule has 0 radical (unpaired) electrons. The summed E-state index contributed by atoms with van der Waals surface area (Å²) in [7, 11) is 1.47. The third kappa shape index (κ3) is 2.47. The van der Waals surface area contributed by atoms with Crippen molar-refractivity contribution < 1.29 is 22.7 Å². The number of nitrogens with zero attached hydrogens (tertiary/aromatic N) is 2. The van der Waals surface area contributed by atoms with Crippen LogP contribution in [0.2, 0.25) is 0 Å². The van der Waals surface area contributed by atoms with Crippen molar-refractivity contribution in [2.45, 2.75) is 18.4 Å². The predicted molar refractivity (Wildman–Crippen MR) is 75.1 cm³/mol. The van der Waals surface area contributed by atoms with E-state index in [-0.39, 0.29) is 36.7 Å². The van der Waals surface area contributed by atoms with E-state index in [4.69, 9.17) is 10.5 Å². The van der Waals surface area contributed by atoms with Crippen LogP contribution in [0.15, 0.2) is 12.1 Å². The second kappa shape index (κ2) is 5.05. The largest absolute Gasteiger partial charge is 0.489 e. The lowest BCUT2D eigenvalue weighted by Crippen LogP contribution is -2.43. The van der Waals surface area contributed by atoms with Gasteiger partial charge in [0.15, 0.2) is 0 Å². The maximum atomic E-state index is 14.3. The minimum absolute atomic E-state index is 0.0442. The maximum Gasteiger partial charge on any atom is 0.266 e. The van der Waals surface area contributed by atoms with Crippen molar-refractivity contribution in [3.8, 4) is 5.75 Å². The van der Waals surface area contributed by atoms with Gasteiger partial charge >= 0.3 is 0 Å². The van der Waals surface area contributed by atoms with E-state index >= 15 is 0 Å². The fourth-order valence-electron chi connectivity index (χ4n) is 2.71. The number of anilines is 2. The number of likely N-dealkylation sites (N-methyl/N-ethyl adjacent to an activating group) is 1. The molecule has 2 aliphatic rings. The molecule has 0 spiro atoms. The Balaban J connectivity index is 1.98. The summed E-state index contributed by atoms with van der Waals surface area (Å²) in [6.07, 6.45) is -0.312. The van der Waals surface area contributed by atoms with Gasteiger partial charge in [0, 0.05) is 32.1 Å². The first kappa shape index (κ1) is 15.0. The molecule has 1 saturated heterocycles. The van der Waals surface area contributed by atoms with Gasteiger partial charge in [0.1, 0.15) is 24.2 Å². The molecule has 8 heteroatoms. The van der Waals surface area contributed by atoms with Gasteiger partial charge in [-0.1, -0.05) is 0 Å². The normalized spacial score (nSPS) is 24.0. The summed E-state index contributed by atoms with van der Waals surface area (Å²) < 4.78 is 46.4. The molecule has 1 aromatic rings. The zero-order valence-corrected chi connectivity index (χ0v) is 12.0. The zero-order valence-electron chi connectivity index (χ0n) is 12.0. The van der Waals surface area contributed by atoms with Gasteiger partial charge in [0.25, 0.3) is 5.92 Å². The fraction of sp³-hybridized carbons (Fsp3) is 0.500. The second-order valence-electron chi connectivity index (χ2n) is 5.61. The highest BCUT2D eigenvalue weighted by molar-refractivity contribution is 5.99. The fourth-order valence-corrected chi connectivity index (χ4v) is 2.71. The molecule has 3 rings (SSSR count). The number of fused-ring (bicyclic) bond motifs is 1. The average molecular weight is 315 g/mol. The molecule has 0 unspecified atom stereocenters. The molecular weight excluding hydrogens is 299 g/mol. The number of carbonyl (C=O) groups excluding carboxylic acids is 1. The second-order valence-corrected chi connectivity index (χ2v) is 5.61. The van der Waals surface area contributed by atoms with Crippen LogP contribution in [0, 0.1) is 5.82 Å². The SMILES string of the molecule is CN1C(=O)[C@@H](N)COc2cc(N3CCC(F)(F)C3)c(F)cc21. The van der Waals surface area contributed by atoms with E-state index < -0.39 is 30.2 Å². The molecule has 2 heterocycles. The van der Waals surface area contributed by atoms with Crippen molar-refractivity contribution in [2.24, 2.45) is 5.73 Å². The Morgan fingerprint density at radius 1 is 1.36 bits per heavy atom. The van der Waals surface area contributed by atoms with Crippen LogP contribution in [0.25, 0.3) is 0 Å². The van der Waals surface area contributed by atoms with Crippen LogP contribution >= 0.6 is 0 Å². The van der Waals surface area contributed by atoms with Gasteiger partial charge in [0.2, 0.25) is 5.91 Å². The molecule has 0 bridgehead atoms. The summed E-state index contributed by atoms with van der Waals surface area (Å²) in [5.74, 6) is -3.63. The Morgan fingerprint density at radius 3 is 2.73 bits per heavy atom. The molecular formula is C14H16F3N3O2. The Labute approximate surface area is 125 Å². The minimum Gasteiger partial charge on any atom is -0.489 e. The number of carbonyl (C=O) groups is 1. The molecule has 5 nitrogen and oxygen atoms in total. The summed E-state index contributed by atoms with van der Waals surface area (Å²) in [5, 5.41) is 0. The topological polar surface area (TPSA) is 58.8 Å². The Kier molecular flexibility index (Phi) is 3.43. The standard InChI is InChI=1S/C14H16F3N3O2/c1-19-11-4-8(15)10(20-3-2-14(16,17)7-20)5-12(11)22-6-9(18)13(19)21/h4-5,9H,2-3,6-7,18H2,1H3/t9-/m0/s1. The summed E-state index contributed by atoms with van der Waals surface area (Å²) in [6, 6.07) is 1.63. The number of rotatable bonds is 1. The predicted octanol–water partition coefficient (Wildman–Crippen LogP) is 1.35. The monoisotopic (exact) mass is 315 g/mol. The highest BCUT2D eigenvalue weighted by atomic mass is 19.3. The average Bonchev–Trinajstić information content (AvgIpc) is 2.79. The van der Waals surface area contributed by atoms with Crippen molar-refractivity contribution in [2.75, 3.05) is 36.5 Å². The number of halogens is 3. The van der Waals surface area contributed by atoms with Crippen molar-refractivity contribution >= 4 is 17.3 Å².